The molecule has 0 saturated carbocycles. The molecule has 2 N–H and O–H groups in total. The second-order valence-electron chi connectivity index (χ2n) is 5.19. The van der Waals surface area contributed by atoms with E-state index >= 15 is 0 Å². The van der Waals surface area contributed by atoms with Gasteiger partial charge in [0.05, 0.1) is 14.2 Å². The summed E-state index contributed by atoms with van der Waals surface area (Å²) < 4.78 is 10.5. The average Bonchev–Trinajstić information content (AvgIpc) is 2.66. The third-order valence-corrected chi connectivity index (χ3v) is 4.07. The van der Waals surface area contributed by atoms with Crippen molar-refractivity contribution in [3.05, 3.63) is 23.3 Å². The number of rotatable bonds is 4. The Bertz CT molecular complexity index is 564. The van der Waals surface area contributed by atoms with Crippen molar-refractivity contribution < 1.29 is 29.3 Å². The summed E-state index contributed by atoms with van der Waals surface area (Å²) in [6, 6.07) is 3.43. The third-order valence-electron chi connectivity index (χ3n) is 4.07. The van der Waals surface area contributed by atoms with Crippen LogP contribution in [0.1, 0.15) is 24.0 Å². The number of aliphatic carboxylic acids is 2. The Morgan fingerprint density at radius 2 is 1.81 bits per heavy atom. The van der Waals surface area contributed by atoms with Crippen molar-refractivity contribution in [2.24, 2.45) is 5.41 Å². The Morgan fingerprint density at radius 3 is 2.33 bits per heavy atom. The summed E-state index contributed by atoms with van der Waals surface area (Å²) in [5.74, 6) is -1.47. The van der Waals surface area contributed by atoms with E-state index in [-0.39, 0.29) is 12.8 Å². The molecule has 0 fully saturated rings. The van der Waals surface area contributed by atoms with Gasteiger partial charge in [-0.2, -0.15) is 0 Å². The molecular formula is C15H18O6. The van der Waals surface area contributed by atoms with Crippen molar-refractivity contribution in [3.8, 4) is 11.5 Å². The van der Waals surface area contributed by atoms with Crippen molar-refractivity contribution in [2.75, 3.05) is 14.2 Å². The van der Waals surface area contributed by atoms with E-state index in [0.29, 0.717) is 29.9 Å². The molecule has 0 atom stereocenters. The van der Waals surface area contributed by atoms with Crippen LogP contribution in [0.5, 0.6) is 11.5 Å². The van der Waals surface area contributed by atoms with Gasteiger partial charge in [-0.1, -0.05) is 0 Å². The second kappa shape index (κ2) is 5.63. The summed E-state index contributed by atoms with van der Waals surface area (Å²) >= 11 is 0. The van der Waals surface area contributed by atoms with Gasteiger partial charge in [-0.25, -0.2) is 0 Å². The Morgan fingerprint density at radius 1 is 1.14 bits per heavy atom. The maximum atomic E-state index is 11.5. The topological polar surface area (TPSA) is 93.1 Å². The number of benzene rings is 1. The van der Waals surface area contributed by atoms with E-state index in [2.05, 4.69) is 0 Å². The van der Waals surface area contributed by atoms with Crippen LogP contribution < -0.4 is 9.47 Å². The monoisotopic (exact) mass is 294 g/mol. The first kappa shape index (κ1) is 15.2. The van der Waals surface area contributed by atoms with E-state index in [1.54, 1.807) is 12.1 Å². The van der Waals surface area contributed by atoms with Crippen LogP contribution in [0.4, 0.5) is 0 Å². The molecule has 0 saturated heterocycles. The van der Waals surface area contributed by atoms with Crippen LogP contribution in [-0.2, 0) is 22.4 Å². The zero-order chi connectivity index (χ0) is 15.6. The number of carboxylic acid groups (broad SMARTS) is 2. The van der Waals surface area contributed by atoms with Crippen LogP contribution in [0.15, 0.2) is 12.1 Å². The Balaban J connectivity index is 2.57. The summed E-state index contributed by atoms with van der Waals surface area (Å²) in [5.41, 5.74) is -0.265. The highest BCUT2D eigenvalue weighted by molar-refractivity contribution is 5.98. The molecule has 6 heteroatoms. The lowest BCUT2D eigenvalue weighted by Crippen LogP contribution is -2.41. The first-order chi connectivity index (χ1) is 9.94. The van der Waals surface area contributed by atoms with Crippen LogP contribution in [-0.4, -0.2) is 36.4 Å². The van der Waals surface area contributed by atoms with Gasteiger partial charge < -0.3 is 19.7 Å². The van der Waals surface area contributed by atoms with Crippen LogP contribution in [0.25, 0.3) is 0 Å². The minimum Gasteiger partial charge on any atom is -0.497 e. The van der Waals surface area contributed by atoms with Gasteiger partial charge in [0.1, 0.15) is 11.5 Å². The molecule has 0 unspecified atom stereocenters. The largest absolute Gasteiger partial charge is 0.497 e. The lowest BCUT2D eigenvalue weighted by atomic mass is 9.79. The van der Waals surface area contributed by atoms with Gasteiger partial charge in [-0.15, -0.1) is 0 Å². The Labute approximate surface area is 122 Å². The highest BCUT2D eigenvalue weighted by Crippen LogP contribution is 2.40. The number of ether oxygens (including phenoxy) is 2. The Hall–Kier alpha value is -2.24. The van der Waals surface area contributed by atoms with E-state index in [0.717, 1.165) is 5.56 Å². The smallest absolute Gasteiger partial charge is 0.321 e. The molecule has 0 aromatic heterocycles. The van der Waals surface area contributed by atoms with Crippen molar-refractivity contribution >= 4 is 11.9 Å². The van der Waals surface area contributed by atoms with Crippen molar-refractivity contribution in [1.29, 1.82) is 0 Å². The number of hydrogen-bond acceptors (Lipinski definition) is 4. The summed E-state index contributed by atoms with van der Waals surface area (Å²) in [6.45, 7) is 0. The van der Waals surface area contributed by atoms with Crippen LogP contribution in [0, 0.1) is 5.41 Å². The molecule has 1 aliphatic rings. The molecule has 21 heavy (non-hydrogen) atoms. The fourth-order valence-corrected chi connectivity index (χ4v) is 2.85. The van der Waals surface area contributed by atoms with Crippen molar-refractivity contribution in [3.63, 3.8) is 0 Å². The minimum absolute atomic E-state index is 0.0689. The molecule has 6 nitrogen and oxygen atoms in total. The second-order valence-corrected chi connectivity index (χ2v) is 5.19. The lowest BCUT2D eigenvalue weighted by molar-refractivity contribution is -0.165. The number of hydrogen-bond donors (Lipinski definition) is 2. The number of fused-ring (bicyclic) bond motifs is 1. The molecule has 0 spiro atoms. The minimum atomic E-state index is -1.79. The first-order valence-electron chi connectivity index (χ1n) is 6.65. The molecule has 114 valence electrons. The van der Waals surface area contributed by atoms with Crippen LogP contribution >= 0.6 is 0 Å². The van der Waals surface area contributed by atoms with Gasteiger partial charge in [0.25, 0.3) is 0 Å². The molecule has 0 bridgehead atoms. The van der Waals surface area contributed by atoms with Crippen LogP contribution in [0.2, 0.25) is 0 Å². The SMILES string of the molecule is COc1cc2c(c(OC)c1)CCCC(C(=O)O)(C(=O)O)C2. The van der Waals surface area contributed by atoms with Crippen molar-refractivity contribution in [1.82, 2.24) is 0 Å². The molecule has 2 rings (SSSR count). The molecule has 0 amide bonds. The molecule has 0 heterocycles. The zero-order valence-electron chi connectivity index (χ0n) is 12.0. The summed E-state index contributed by atoms with van der Waals surface area (Å²) in [7, 11) is 3.03. The number of methoxy groups -OCH3 is 2. The zero-order valence-corrected chi connectivity index (χ0v) is 12.0. The molecule has 1 aromatic rings. The van der Waals surface area contributed by atoms with Gasteiger partial charge in [0.15, 0.2) is 5.41 Å². The molecule has 1 aliphatic carbocycles. The number of carboxylic acids is 2. The normalized spacial score (nSPS) is 16.5. The van der Waals surface area contributed by atoms with Crippen molar-refractivity contribution in [2.45, 2.75) is 25.7 Å². The third kappa shape index (κ3) is 2.53. The van der Waals surface area contributed by atoms with Gasteiger partial charge in [0.2, 0.25) is 0 Å². The highest BCUT2D eigenvalue weighted by atomic mass is 16.5. The average molecular weight is 294 g/mol. The van der Waals surface area contributed by atoms with Gasteiger partial charge in [-0.05, 0) is 42.9 Å². The van der Waals surface area contributed by atoms with Gasteiger partial charge in [-0.3, -0.25) is 9.59 Å². The van der Waals surface area contributed by atoms with Gasteiger partial charge >= 0.3 is 11.9 Å². The van der Waals surface area contributed by atoms with E-state index in [1.807, 2.05) is 0 Å². The Kier molecular flexibility index (Phi) is 4.06. The van der Waals surface area contributed by atoms with E-state index in [1.165, 1.54) is 14.2 Å². The summed E-state index contributed by atoms with van der Waals surface area (Å²) in [4.78, 5) is 23.1. The van der Waals surface area contributed by atoms with Gasteiger partial charge in [0, 0.05) is 6.07 Å². The van der Waals surface area contributed by atoms with E-state index in [4.69, 9.17) is 9.47 Å². The number of carbonyl (C=O) groups is 2. The first-order valence-corrected chi connectivity index (χ1v) is 6.65. The van der Waals surface area contributed by atoms with Crippen LogP contribution in [0.3, 0.4) is 0 Å². The fourth-order valence-electron chi connectivity index (χ4n) is 2.85. The lowest BCUT2D eigenvalue weighted by Gasteiger charge is -2.23. The summed E-state index contributed by atoms with van der Waals surface area (Å²) in [5, 5.41) is 18.8. The molecular weight excluding hydrogens is 276 g/mol. The molecule has 0 aliphatic heterocycles. The summed E-state index contributed by atoms with van der Waals surface area (Å²) in [6.07, 6.45) is 1.09. The maximum Gasteiger partial charge on any atom is 0.321 e. The molecule has 0 radical (unpaired) electrons. The predicted molar refractivity (Wildman–Crippen MR) is 73.9 cm³/mol. The highest BCUT2D eigenvalue weighted by Gasteiger charge is 2.47. The maximum absolute atomic E-state index is 11.5. The molecule has 1 aromatic carbocycles. The van der Waals surface area contributed by atoms with E-state index < -0.39 is 17.4 Å². The quantitative estimate of drug-likeness (QED) is 0.649. The standard InChI is InChI=1S/C15H18O6/c1-20-10-6-9-8-15(13(16)17,14(18)19)5-3-4-11(9)12(7-10)21-2/h6-7H,3-5,8H2,1-2H3,(H,16,17)(H,18,19). The fraction of sp³-hybridized carbons (Fsp3) is 0.467. The predicted octanol–water partition coefficient (Wildman–Crippen LogP) is 1.74. The van der Waals surface area contributed by atoms with E-state index in [9.17, 15) is 19.8 Å².